The third-order valence-electron chi connectivity index (χ3n) is 3.82. The summed E-state index contributed by atoms with van der Waals surface area (Å²) < 4.78 is 5.33. The van der Waals surface area contributed by atoms with Crippen LogP contribution < -0.4 is 10.1 Å². The second-order valence-corrected chi connectivity index (χ2v) is 5.41. The minimum Gasteiger partial charge on any atom is -0.487 e. The fraction of sp³-hybridized carbons (Fsp3) is 0.600. The maximum atomic E-state index is 11.3. The lowest BCUT2D eigenvalue weighted by molar-refractivity contribution is -0.384. The van der Waals surface area contributed by atoms with Gasteiger partial charge in [-0.15, -0.1) is 0 Å². The molecular weight excluding hydrogens is 272 g/mol. The van der Waals surface area contributed by atoms with Crippen molar-refractivity contribution >= 4 is 11.4 Å². The first-order chi connectivity index (χ1) is 10.1. The van der Waals surface area contributed by atoms with Gasteiger partial charge >= 0.3 is 5.69 Å². The van der Waals surface area contributed by atoms with Crippen molar-refractivity contribution in [2.75, 3.05) is 18.5 Å². The molecule has 0 amide bonds. The predicted octanol–water partition coefficient (Wildman–Crippen LogP) is 2.96. The molecule has 0 aromatic heterocycles. The number of nitrogens with one attached hydrogen (secondary N) is 1. The molecule has 2 unspecified atom stereocenters. The van der Waals surface area contributed by atoms with E-state index in [1.165, 1.54) is 0 Å². The van der Waals surface area contributed by atoms with Gasteiger partial charge in [0.05, 0.1) is 17.6 Å². The summed E-state index contributed by atoms with van der Waals surface area (Å²) in [6.07, 6.45) is 3.43. The molecule has 2 N–H and O–H groups in total. The lowest BCUT2D eigenvalue weighted by Gasteiger charge is -2.26. The second-order valence-electron chi connectivity index (χ2n) is 5.41. The molecule has 0 saturated heterocycles. The Hall–Kier alpha value is -1.82. The first-order valence-corrected chi connectivity index (χ1v) is 7.44. The Morgan fingerprint density at radius 1 is 1.48 bits per heavy atom. The molecule has 21 heavy (non-hydrogen) atoms. The topological polar surface area (TPSA) is 84.6 Å². The van der Waals surface area contributed by atoms with Crippen LogP contribution in [0, 0.1) is 16.0 Å². The third kappa shape index (κ3) is 4.07. The van der Waals surface area contributed by atoms with E-state index in [1.807, 2.05) is 0 Å². The van der Waals surface area contributed by atoms with Crippen LogP contribution in [0.15, 0.2) is 18.2 Å². The molecule has 1 aliphatic carbocycles. The molecular formula is C15H22N2O4. The van der Waals surface area contributed by atoms with Crippen molar-refractivity contribution in [3.05, 3.63) is 28.3 Å². The van der Waals surface area contributed by atoms with Crippen LogP contribution in [0.1, 0.15) is 32.6 Å². The number of ether oxygens (including phenoxy) is 1. The number of hydrogen-bond donors (Lipinski definition) is 2. The average molecular weight is 294 g/mol. The van der Waals surface area contributed by atoms with Crippen molar-refractivity contribution in [3.8, 4) is 5.75 Å². The summed E-state index contributed by atoms with van der Waals surface area (Å²) >= 11 is 0. The van der Waals surface area contributed by atoms with Gasteiger partial charge in [0.1, 0.15) is 5.69 Å². The van der Waals surface area contributed by atoms with Crippen molar-refractivity contribution < 1.29 is 14.8 Å². The molecule has 0 bridgehead atoms. The Morgan fingerprint density at radius 3 is 2.95 bits per heavy atom. The number of benzene rings is 1. The minimum absolute atomic E-state index is 0.0179. The fourth-order valence-corrected chi connectivity index (χ4v) is 2.83. The average Bonchev–Trinajstić information content (AvgIpc) is 2.45. The molecule has 1 aromatic carbocycles. The van der Waals surface area contributed by atoms with Crippen LogP contribution in [0.3, 0.4) is 0 Å². The molecule has 6 heteroatoms. The number of nitrogens with zero attached hydrogens (tertiary/aromatic N) is 1. The van der Waals surface area contributed by atoms with E-state index in [4.69, 9.17) is 4.74 Å². The highest BCUT2D eigenvalue weighted by atomic mass is 16.6. The van der Waals surface area contributed by atoms with Crippen LogP contribution in [-0.4, -0.2) is 29.3 Å². The van der Waals surface area contributed by atoms with Gasteiger partial charge in [0, 0.05) is 6.54 Å². The number of para-hydroxylation sites is 1. The van der Waals surface area contributed by atoms with Crippen LogP contribution >= 0.6 is 0 Å². The zero-order valence-corrected chi connectivity index (χ0v) is 12.2. The molecule has 0 aliphatic heterocycles. The number of aliphatic hydroxyl groups is 1. The van der Waals surface area contributed by atoms with E-state index in [0.29, 0.717) is 24.8 Å². The molecule has 2 atom stereocenters. The highest BCUT2D eigenvalue weighted by molar-refractivity contribution is 5.68. The van der Waals surface area contributed by atoms with E-state index in [9.17, 15) is 15.2 Å². The van der Waals surface area contributed by atoms with E-state index in [1.54, 1.807) is 25.1 Å². The van der Waals surface area contributed by atoms with Gasteiger partial charge in [-0.1, -0.05) is 12.5 Å². The SMILES string of the molecule is CCOc1cccc(NCC2CCCC(O)C2)c1[N+](=O)[O-]. The van der Waals surface area contributed by atoms with Crippen molar-refractivity contribution in [2.24, 2.45) is 5.92 Å². The molecule has 6 nitrogen and oxygen atoms in total. The molecule has 1 aromatic rings. The fourth-order valence-electron chi connectivity index (χ4n) is 2.83. The summed E-state index contributed by atoms with van der Waals surface area (Å²) in [5, 5.41) is 24.1. The summed E-state index contributed by atoms with van der Waals surface area (Å²) in [6.45, 7) is 2.82. The molecule has 2 rings (SSSR count). The van der Waals surface area contributed by atoms with Crippen LogP contribution in [-0.2, 0) is 0 Å². The lowest BCUT2D eigenvalue weighted by Crippen LogP contribution is -2.25. The number of hydrogen-bond acceptors (Lipinski definition) is 5. The van der Waals surface area contributed by atoms with Crippen molar-refractivity contribution in [3.63, 3.8) is 0 Å². The summed E-state index contributed by atoms with van der Waals surface area (Å²) in [5.74, 6) is 0.639. The Balaban J connectivity index is 2.08. The molecule has 1 fully saturated rings. The zero-order valence-electron chi connectivity index (χ0n) is 12.2. The first-order valence-electron chi connectivity index (χ1n) is 7.44. The van der Waals surface area contributed by atoms with E-state index in [2.05, 4.69) is 5.32 Å². The van der Waals surface area contributed by atoms with Gasteiger partial charge in [0.15, 0.2) is 5.75 Å². The smallest absolute Gasteiger partial charge is 0.333 e. The summed E-state index contributed by atoms with van der Waals surface area (Å²) in [6, 6.07) is 5.05. The summed E-state index contributed by atoms with van der Waals surface area (Å²) in [5.41, 5.74) is 0.460. The van der Waals surface area contributed by atoms with E-state index < -0.39 is 4.92 Å². The van der Waals surface area contributed by atoms with Crippen molar-refractivity contribution in [1.29, 1.82) is 0 Å². The Kier molecular flexibility index (Phi) is 5.38. The van der Waals surface area contributed by atoms with Gasteiger partial charge in [0.25, 0.3) is 0 Å². The maximum absolute atomic E-state index is 11.3. The molecule has 0 spiro atoms. The van der Waals surface area contributed by atoms with Gasteiger partial charge < -0.3 is 15.2 Å². The quantitative estimate of drug-likeness (QED) is 0.622. The van der Waals surface area contributed by atoms with Crippen LogP contribution in [0.5, 0.6) is 5.75 Å². The Morgan fingerprint density at radius 2 is 2.29 bits per heavy atom. The lowest BCUT2D eigenvalue weighted by atomic mass is 9.87. The molecule has 0 heterocycles. The van der Waals surface area contributed by atoms with E-state index in [-0.39, 0.29) is 17.5 Å². The summed E-state index contributed by atoms with van der Waals surface area (Å²) in [4.78, 5) is 10.9. The van der Waals surface area contributed by atoms with Crippen LogP contribution in [0.25, 0.3) is 0 Å². The highest BCUT2D eigenvalue weighted by Crippen LogP contribution is 2.35. The third-order valence-corrected chi connectivity index (χ3v) is 3.82. The number of aliphatic hydroxyl groups excluding tert-OH is 1. The molecule has 0 radical (unpaired) electrons. The predicted molar refractivity (Wildman–Crippen MR) is 80.7 cm³/mol. The van der Waals surface area contributed by atoms with Gasteiger partial charge in [-0.25, -0.2) is 0 Å². The van der Waals surface area contributed by atoms with Crippen LogP contribution in [0.2, 0.25) is 0 Å². The maximum Gasteiger partial charge on any atom is 0.333 e. The van der Waals surface area contributed by atoms with Gasteiger partial charge in [0.2, 0.25) is 0 Å². The van der Waals surface area contributed by atoms with Crippen molar-refractivity contribution in [1.82, 2.24) is 0 Å². The standard InChI is InChI=1S/C15H22N2O4/c1-2-21-14-8-4-7-13(15(14)17(19)20)16-10-11-5-3-6-12(18)9-11/h4,7-8,11-12,16,18H,2-3,5-6,9-10H2,1H3. The van der Waals surface area contributed by atoms with Gasteiger partial charge in [-0.3, -0.25) is 10.1 Å². The van der Waals surface area contributed by atoms with Crippen LogP contribution in [0.4, 0.5) is 11.4 Å². The Labute approximate surface area is 124 Å². The minimum atomic E-state index is -0.414. The molecule has 116 valence electrons. The number of rotatable bonds is 6. The second kappa shape index (κ2) is 7.26. The monoisotopic (exact) mass is 294 g/mol. The van der Waals surface area contributed by atoms with Crippen molar-refractivity contribution in [2.45, 2.75) is 38.7 Å². The number of anilines is 1. The first kappa shape index (κ1) is 15.6. The summed E-state index contributed by atoms with van der Waals surface area (Å²) in [7, 11) is 0. The van der Waals surface area contributed by atoms with Gasteiger partial charge in [-0.2, -0.15) is 0 Å². The zero-order chi connectivity index (χ0) is 15.2. The van der Waals surface area contributed by atoms with E-state index >= 15 is 0 Å². The molecule has 1 saturated carbocycles. The largest absolute Gasteiger partial charge is 0.487 e. The number of nitro benzene ring substituents is 1. The normalized spacial score (nSPS) is 21.8. The molecule has 1 aliphatic rings. The van der Waals surface area contributed by atoms with Gasteiger partial charge in [-0.05, 0) is 44.2 Å². The Bertz CT molecular complexity index is 493. The number of nitro groups is 1. The highest BCUT2D eigenvalue weighted by Gasteiger charge is 2.23. The van der Waals surface area contributed by atoms with E-state index in [0.717, 1.165) is 25.7 Å².